The van der Waals surface area contributed by atoms with E-state index in [1.165, 1.54) is 82.7 Å². The molecule has 40 heavy (non-hydrogen) atoms. The monoisotopic (exact) mass is 506 g/mol. The zero-order chi connectivity index (χ0) is 26.4. The van der Waals surface area contributed by atoms with Crippen LogP contribution in [-0.4, -0.2) is 0 Å². The molecule has 0 saturated carbocycles. The topological polar surface area (TPSA) is 0 Å². The fourth-order valence-corrected chi connectivity index (χ4v) is 7.73. The van der Waals surface area contributed by atoms with Gasteiger partial charge in [0.25, 0.3) is 0 Å². The van der Waals surface area contributed by atoms with Gasteiger partial charge in [-0.15, -0.1) is 0 Å². The molecule has 0 heteroatoms. The Kier molecular flexibility index (Phi) is 4.28. The summed E-state index contributed by atoms with van der Waals surface area (Å²) in [5.74, 6) is 0. The van der Waals surface area contributed by atoms with Crippen molar-refractivity contribution in [1.82, 2.24) is 0 Å². The molecule has 7 aromatic carbocycles. The Balaban J connectivity index is 1.54. The Morgan fingerprint density at radius 1 is 0.400 bits per heavy atom. The van der Waals surface area contributed by atoms with Crippen molar-refractivity contribution in [3.05, 3.63) is 167 Å². The smallest absolute Gasteiger partial charge is 0.0619 e. The van der Waals surface area contributed by atoms with Gasteiger partial charge >= 0.3 is 0 Å². The normalized spacial score (nSPS) is 13.8. The zero-order valence-corrected chi connectivity index (χ0v) is 22.3. The van der Waals surface area contributed by atoms with Gasteiger partial charge in [-0.25, -0.2) is 0 Å². The van der Waals surface area contributed by atoms with Crippen molar-refractivity contribution in [2.45, 2.75) is 12.3 Å². The Hall–Kier alpha value is -4.94. The molecule has 0 heterocycles. The third kappa shape index (κ3) is 2.66. The molecule has 0 N–H and O–H groups in total. The summed E-state index contributed by atoms with van der Waals surface area (Å²) >= 11 is 0. The summed E-state index contributed by atoms with van der Waals surface area (Å²) in [4.78, 5) is 0. The predicted octanol–water partition coefficient (Wildman–Crippen LogP) is 10.3. The maximum atomic E-state index is 2.52. The molecule has 0 unspecified atom stereocenters. The minimum Gasteiger partial charge on any atom is -0.0619 e. The highest BCUT2D eigenvalue weighted by Gasteiger charge is 2.52. The summed E-state index contributed by atoms with van der Waals surface area (Å²) in [7, 11) is 0. The molecule has 0 aliphatic heterocycles. The predicted molar refractivity (Wildman–Crippen MR) is 168 cm³/mol. The molecule has 0 amide bonds. The minimum atomic E-state index is -0.371. The third-order valence-corrected chi connectivity index (χ3v) is 9.29. The second-order valence-corrected chi connectivity index (χ2v) is 11.3. The molecule has 0 saturated heterocycles. The number of benzene rings is 7. The van der Waals surface area contributed by atoms with Gasteiger partial charge in [0.1, 0.15) is 0 Å². The second kappa shape index (κ2) is 7.81. The first-order valence-electron chi connectivity index (χ1n) is 14.1. The van der Waals surface area contributed by atoms with E-state index in [2.05, 4.69) is 146 Å². The quantitative estimate of drug-likeness (QED) is 0.208. The van der Waals surface area contributed by atoms with Gasteiger partial charge in [0, 0.05) is 0 Å². The maximum absolute atomic E-state index is 2.52. The molecule has 0 fully saturated rings. The molecule has 2 aliphatic carbocycles. The lowest BCUT2D eigenvalue weighted by molar-refractivity contribution is 0.796. The lowest BCUT2D eigenvalue weighted by Crippen LogP contribution is -2.26. The van der Waals surface area contributed by atoms with Crippen LogP contribution in [0.15, 0.2) is 140 Å². The van der Waals surface area contributed by atoms with Gasteiger partial charge in [-0.05, 0) is 102 Å². The van der Waals surface area contributed by atoms with E-state index in [9.17, 15) is 0 Å². The van der Waals surface area contributed by atoms with E-state index in [1.807, 2.05) is 0 Å². The van der Waals surface area contributed by atoms with Crippen LogP contribution in [0.1, 0.15) is 27.8 Å². The van der Waals surface area contributed by atoms with Gasteiger partial charge in [0.15, 0.2) is 0 Å². The summed E-state index contributed by atoms with van der Waals surface area (Å²) in [6.45, 7) is 2.19. The Morgan fingerprint density at radius 3 is 1.75 bits per heavy atom. The second-order valence-electron chi connectivity index (χ2n) is 11.3. The summed E-state index contributed by atoms with van der Waals surface area (Å²) in [5.41, 5.74) is 14.5. The van der Waals surface area contributed by atoms with Crippen molar-refractivity contribution < 1.29 is 0 Å². The van der Waals surface area contributed by atoms with Crippen LogP contribution >= 0.6 is 0 Å². The molecular weight excluding hydrogens is 480 g/mol. The fourth-order valence-electron chi connectivity index (χ4n) is 7.73. The lowest BCUT2D eigenvalue weighted by Gasteiger charge is -2.31. The first kappa shape index (κ1) is 21.9. The molecule has 7 aromatic rings. The molecule has 0 nitrogen and oxygen atoms in total. The number of fused-ring (bicyclic) bond motifs is 13. The van der Waals surface area contributed by atoms with Crippen LogP contribution in [0.4, 0.5) is 0 Å². The average Bonchev–Trinajstić information content (AvgIpc) is 3.46. The van der Waals surface area contributed by atoms with Crippen molar-refractivity contribution in [1.29, 1.82) is 0 Å². The number of rotatable bonds is 1. The molecule has 0 radical (unpaired) electrons. The molecule has 1 spiro atoms. The van der Waals surface area contributed by atoms with E-state index in [1.54, 1.807) is 0 Å². The minimum absolute atomic E-state index is 0.371. The van der Waals surface area contributed by atoms with Crippen LogP contribution in [0.25, 0.3) is 54.9 Å². The SMILES string of the molecule is Cc1cccc(-c2cc3c(c4ccccc24)-c2cc4ccccc4cc2C32c3ccccc3-c3ccccc32)c1. The van der Waals surface area contributed by atoms with Crippen LogP contribution in [0.3, 0.4) is 0 Å². The first-order valence-corrected chi connectivity index (χ1v) is 14.1. The van der Waals surface area contributed by atoms with E-state index in [-0.39, 0.29) is 5.41 Å². The van der Waals surface area contributed by atoms with Gasteiger partial charge in [-0.3, -0.25) is 0 Å². The fraction of sp³-hybridized carbons (Fsp3) is 0.0500. The van der Waals surface area contributed by atoms with Crippen LogP contribution in [0.2, 0.25) is 0 Å². The molecule has 186 valence electrons. The van der Waals surface area contributed by atoms with Gasteiger partial charge in [-0.2, -0.15) is 0 Å². The standard InChI is InChI=1S/C40H26/c1-25-11-10-14-28(21-25)33-24-38-39(32-18-5-4-15-29(32)33)34-22-26-12-2-3-13-27(26)23-37(34)40(38)35-19-8-6-16-30(35)31-17-7-9-20-36(31)40/h2-24H,1H3. The highest BCUT2D eigenvalue weighted by molar-refractivity contribution is 6.12. The molecule has 0 bridgehead atoms. The lowest BCUT2D eigenvalue weighted by atomic mass is 9.69. The summed E-state index contributed by atoms with van der Waals surface area (Å²) in [6, 6.07) is 52.4. The van der Waals surface area contributed by atoms with Gasteiger partial charge in [0.2, 0.25) is 0 Å². The van der Waals surface area contributed by atoms with Crippen molar-refractivity contribution in [3.8, 4) is 33.4 Å². The molecule has 0 atom stereocenters. The average molecular weight is 507 g/mol. The largest absolute Gasteiger partial charge is 0.0726 e. The first-order chi connectivity index (χ1) is 19.7. The number of hydrogen-bond acceptors (Lipinski definition) is 0. The van der Waals surface area contributed by atoms with E-state index < -0.39 is 0 Å². The van der Waals surface area contributed by atoms with Crippen LogP contribution < -0.4 is 0 Å². The van der Waals surface area contributed by atoms with E-state index in [0.29, 0.717) is 0 Å². The molecule has 0 aromatic heterocycles. The van der Waals surface area contributed by atoms with Gasteiger partial charge in [0.05, 0.1) is 5.41 Å². The van der Waals surface area contributed by atoms with Gasteiger partial charge in [-0.1, -0.05) is 127 Å². The Morgan fingerprint density at radius 2 is 1.02 bits per heavy atom. The third-order valence-electron chi connectivity index (χ3n) is 9.29. The van der Waals surface area contributed by atoms with Crippen LogP contribution in [-0.2, 0) is 5.41 Å². The Bertz CT molecular complexity index is 2130. The maximum Gasteiger partial charge on any atom is 0.0726 e. The summed E-state index contributed by atoms with van der Waals surface area (Å²) < 4.78 is 0. The summed E-state index contributed by atoms with van der Waals surface area (Å²) in [5, 5.41) is 5.21. The van der Waals surface area contributed by atoms with E-state index >= 15 is 0 Å². The van der Waals surface area contributed by atoms with Crippen LogP contribution in [0.5, 0.6) is 0 Å². The molecule has 9 rings (SSSR count). The van der Waals surface area contributed by atoms with Crippen molar-refractivity contribution in [2.75, 3.05) is 0 Å². The van der Waals surface area contributed by atoms with Gasteiger partial charge < -0.3 is 0 Å². The summed E-state index contributed by atoms with van der Waals surface area (Å²) in [6.07, 6.45) is 0. The number of aryl methyl sites for hydroxylation is 1. The highest BCUT2D eigenvalue weighted by atomic mass is 14.5. The van der Waals surface area contributed by atoms with Crippen molar-refractivity contribution in [3.63, 3.8) is 0 Å². The van der Waals surface area contributed by atoms with Crippen molar-refractivity contribution in [2.24, 2.45) is 0 Å². The zero-order valence-electron chi connectivity index (χ0n) is 22.3. The van der Waals surface area contributed by atoms with Crippen LogP contribution in [0, 0.1) is 6.92 Å². The molecule has 2 aliphatic rings. The highest BCUT2D eigenvalue weighted by Crippen LogP contribution is 2.64. The van der Waals surface area contributed by atoms with E-state index in [0.717, 1.165) is 0 Å². The molecular formula is C40H26. The Labute approximate surface area is 234 Å². The van der Waals surface area contributed by atoms with E-state index in [4.69, 9.17) is 0 Å². The number of hydrogen-bond donors (Lipinski definition) is 0. The van der Waals surface area contributed by atoms with Crippen molar-refractivity contribution >= 4 is 21.5 Å².